The summed E-state index contributed by atoms with van der Waals surface area (Å²) in [6.45, 7) is 3.01. The summed E-state index contributed by atoms with van der Waals surface area (Å²) >= 11 is 1.47. The number of nitrogens with one attached hydrogen (secondary N) is 4. The molecular weight excluding hydrogens is 350 g/mol. The van der Waals surface area contributed by atoms with Crippen molar-refractivity contribution in [3.05, 3.63) is 53.5 Å². The zero-order chi connectivity index (χ0) is 18.2. The second-order valence-corrected chi connectivity index (χ2v) is 6.38. The summed E-state index contributed by atoms with van der Waals surface area (Å²) in [4.78, 5) is 15.9. The lowest BCUT2D eigenvalue weighted by molar-refractivity contribution is 0.252. The third-order valence-electron chi connectivity index (χ3n) is 3.31. The van der Waals surface area contributed by atoms with Crippen LogP contribution in [0.25, 0.3) is 0 Å². The van der Waals surface area contributed by atoms with E-state index in [1.807, 2.05) is 48.7 Å². The highest BCUT2D eigenvalue weighted by Gasteiger charge is 2.02. The minimum atomic E-state index is -0.231. The van der Waals surface area contributed by atoms with E-state index in [0.29, 0.717) is 24.7 Å². The molecular formula is C17H19N7OS. The largest absolute Gasteiger partial charge is 0.367 e. The van der Waals surface area contributed by atoms with Crippen molar-refractivity contribution in [3.63, 3.8) is 0 Å². The number of pyridine rings is 1. The van der Waals surface area contributed by atoms with Crippen molar-refractivity contribution in [1.29, 1.82) is 0 Å². The van der Waals surface area contributed by atoms with Gasteiger partial charge in [0, 0.05) is 19.3 Å². The van der Waals surface area contributed by atoms with E-state index in [9.17, 15) is 4.79 Å². The lowest BCUT2D eigenvalue weighted by atomic mass is 10.3. The first-order chi connectivity index (χ1) is 12.7. The third kappa shape index (κ3) is 5.42. The number of amides is 2. The number of urea groups is 1. The number of nitrogens with zero attached hydrogens (tertiary/aromatic N) is 3. The summed E-state index contributed by atoms with van der Waals surface area (Å²) in [5.41, 5.74) is 1.12. The van der Waals surface area contributed by atoms with Crippen molar-refractivity contribution in [2.24, 2.45) is 0 Å². The molecule has 0 aliphatic heterocycles. The summed E-state index contributed by atoms with van der Waals surface area (Å²) < 4.78 is 0. The molecule has 0 saturated carbocycles. The summed E-state index contributed by atoms with van der Waals surface area (Å²) in [6, 6.07) is 11.0. The molecule has 0 aliphatic rings. The summed E-state index contributed by atoms with van der Waals surface area (Å²) in [5, 5.41) is 22.6. The molecule has 0 spiro atoms. The van der Waals surface area contributed by atoms with E-state index in [-0.39, 0.29) is 6.03 Å². The molecule has 0 saturated heterocycles. The van der Waals surface area contributed by atoms with Gasteiger partial charge in [-0.15, -0.1) is 21.5 Å². The molecule has 0 bridgehead atoms. The Morgan fingerprint density at radius 2 is 1.92 bits per heavy atom. The first kappa shape index (κ1) is 17.6. The number of hydrogen-bond donors (Lipinski definition) is 4. The van der Waals surface area contributed by atoms with Crippen LogP contribution in [0.2, 0.25) is 0 Å². The Hall–Kier alpha value is -3.20. The summed E-state index contributed by atoms with van der Waals surface area (Å²) in [6.07, 6.45) is 1.74. The fraction of sp³-hybridized carbons (Fsp3) is 0.176. The minimum absolute atomic E-state index is 0.231. The molecule has 3 heterocycles. The monoisotopic (exact) mass is 369 g/mol. The van der Waals surface area contributed by atoms with E-state index >= 15 is 0 Å². The molecule has 0 aliphatic carbocycles. The van der Waals surface area contributed by atoms with E-state index in [2.05, 4.69) is 36.4 Å². The normalized spacial score (nSPS) is 10.2. The van der Waals surface area contributed by atoms with Crippen LogP contribution in [0, 0.1) is 6.92 Å². The maximum Gasteiger partial charge on any atom is 0.319 e. The smallest absolute Gasteiger partial charge is 0.319 e. The van der Waals surface area contributed by atoms with Crippen LogP contribution < -0.4 is 21.3 Å². The summed E-state index contributed by atoms with van der Waals surface area (Å²) in [5.74, 6) is 1.97. The molecule has 8 nitrogen and oxygen atoms in total. The Bertz CT molecular complexity index is 837. The Balaban J connectivity index is 1.39. The maximum absolute atomic E-state index is 11.7. The Morgan fingerprint density at radius 3 is 2.65 bits per heavy atom. The van der Waals surface area contributed by atoms with Gasteiger partial charge in [0.1, 0.15) is 11.6 Å². The second-order valence-electron chi connectivity index (χ2n) is 5.43. The van der Waals surface area contributed by atoms with Gasteiger partial charge in [0.25, 0.3) is 0 Å². The SMILES string of the molecule is Cc1ccnc(Nc2ccc(NCCNC(=O)Nc3cccs3)nn2)c1. The maximum atomic E-state index is 11.7. The van der Waals surface area contributed by atoms with Gasteiger partial charge in [0.2, 0.25) is 0 Å². The number of rotatable bonds is 7. The van der Waals surface area contributed by atoms with Gasteiger partial charge in [-0.2, -0.15) is 0 Å². The number of carbonyl (C=O) groups excluding carboxylic acids is 1. The quantitative estimate of drug-likeness (QED) is 0.477. The van der Waals surface area contributed by atoms with Gasteiger partial charge in [-0.05, 0) is 54.3 Å². The average Bonchev–Trinajstić information content (AvgIpc) is 3.13. The fourth-order valence-corrected chi connectivity index (χ4v) is 2.71. The van der Waals surface area contributed by atoms with Crippen molar-refractivity contribution in [2.45, 2.75) is 6.92 Å². The molecule has 3 rings (SSSR count). The Kier molecular flexibility index (Phi) is 5.94. The van der Waals surface area contributed by atoms with Crippen LogP contribution >= 0.6 is 11.3 Å². The van der Waals surface area contributed by atoms with Gasteiger partial charge in [-0.3, -0.25) is 5.32 Å². The Labute approximate surface area is 155 Å². The van der Waals surface area contributed by atoms with Gasteiger partial charge >= 0.3 is 6.03 Å². The highest BCUT2D eigenvalue weighted by molar-refractivity contribution is 7.14. The zero-order valence-electron chi connectivity index (χ0n) is 14.2. The van der Waals surface area contributed by atoms with Gasteiger partial charge in [-0.1, -0.05) is 0 Å². The van der Waals surface area contributed by atoms with E-state index in [1.54, 1.807) is 6.20 Å². The van der Waals surface area contributed by atoms with Crippen LogP contribution in [0.15, 0.2) is 48.0 Å². The lowest BCUT2D eigenvalue weighted by Crippen LogP contribution is -2.32. The van der Waals surface area contributed by atoms with Gasteiger partial charge in [0.05, 0.1) is 5.00 Å². The molecule has 0 aromatic carbocycles. The third-order valence-corrected chi connectivity index (χ3v) is 4.10. The number of thiophene rings is 1. The van der Waals surface area contributed by atoms with Gasteiger partial charge in [0.15, 0.2) is 5.82 Å². The van der Waals surface area contributed by atoms with Crippen LogP contribution in [0.5, 0.6) is 0 Å². The predicted octanol–water partition coefficient (Wildman–Crippen LogP) is 3.22. The van der Waals surface area contributed by atoms with E-state index in [0.717, 1.165) is 16.4 Å². The molecule has 26 heavy (non-hydrogen) atoms. The van der Waals surface area contributed by atoms with Crippen molar-refractivity contribution in [3.8, 4) is 0 Å². The molecule has 2 amide bonds. The lowest BCUT2D eigenvalue weighted by Gasteiger charge is -2.08. The molecule has 3 aromatic heterocycles. The number of aromatic nitrogens is 3. The molecule has 0 unspecified atom stereocenters. The number of hydrogen-bond acceptors (Lipinski definition) is 7. The van der Waals surface area contributed by atoms with E-state index < -0.39 is 0 Å². The van der Waals surface area contributed by atoms with E-state index in [1.165, 1.54) is 11.3 Å². The number of aryl methyl sites for hydroxylation is 1. The van der Waals surface area contributed by atoms with Crippen LogP contribution in [0.4, 0.5) is 27.2 Å². The second kappa shape index (κ2) is 8.77. The molecule has 4 N–H and O–H groups in total. The van der Waals surface area contributed by atoms with Crippen molar-refractivity contribution >= 4 is 39.8 Å². The van der Waals surface area contributed by atoms with Gasteiger partial charge < -0.3 is 16.0 Å². The van der Waals surface area contributed by atoms with Crippen LogP contribution in [-0.4, -0.2) is 34.3 Å². The zero-order valence-corrected chi connectivity index (χ0v) is 15.0. The number of anilines is 4. The van der Waals surface area contributed by atoms with Gasteiger partial charge in [-0.25, -0.2) is 9.78 Å². The first-order valence-electron chi connectivity index (χ1n) is 8.05. The molecule has 3 aromatic rings. The molecule has 0 fully saturated rings. The highest BCUT2D eigenvalue weighted by Crippen LogP contribution is 2.14. The van der Waals surface area contributed by atoms with E-state index in [4.69, 9.17) is 0 Å². The summed E-state index contributed by atoms with van der Waals surface area (Å²) in [7, 11) is 0. The highest BCUT2D eigenvalue weighted by atomic mass is 32.1. The van der Waals surface area contributed by atoms with Crippen LogP contribution in [0.1, 0.15) is 5.56 Å². The van der Waals surface area contributed by atoms with Crippen LogP contribution in [-0.2, 0) is 0 Å². The van der Waals surface area contributed by atoms with Crippen LogP contribution in [0.3, 0.4) is 0 Å². The molecule has 0 atom stereocenters. The predicted molar refractivity (Wildman–Crippen MR) is 104 cm³/mol. The van der Waals surface area contributed by atoms with Crippen molar-refractivity contribution < 1.29 is 4.79 Å². The van der Waals surface area contributed by atoms with Crippen molar-refractivity contribution in [1.82, 2.24) is 20.5 Å². The Morgan fingerprint density at radius 1 is 1.08 bits per heavy atom. The number of carbonyl (C=O) groups is 1. The van der Waals surface area contributed by atoms with Crippen molar-refractivity contribution in [2.75, 3.05) is 29.0 Å². The average molecular weight is 369 g/mol. The first-order valence-corrected chi connectivity index (χ1v) is 8.93. The fourth-order valence-electron chi connectivity index (χ4n) is 2.10. The minimum Gasteiger partial charge on any atom is -0.367 e. The molecule has 134 valence electrons. The molecule has 9 heteroatoms. The molecule has 0 radical (unpaired) electrons. The topological polar surface area (TPSA) is 104 Å². The standard InChI is InChI=1S/C17H19N7OS/c1-12-6-7-18-15(11-12)21-14-5-4-13(23-24-14)19-8-9-20-17(25)22-16-3-2-10-26-16/h2-7,10-11H,8-9H2,1H3,(H,19,23)(H,18,21,24)(H2,20,22,25).